The number of amides is 1. The maximum absolute atomic E-state index is 12.9. The molecule has 0 saturated carbocycles. The van der Waals surface area contributed by atoms with Crippen molar-refractivity contribution in [1.82, 2.24) is 14.5 Å². The molecular weight excluding hydrogens is 380 g/mol. The highest BCUT2D eigenvalue weighted by molar-refractivity contribution is 5.94. The van der Waals surface area contributed by atoms with Gasteiger partial charge in [-0.1, -0.05) is 6.07 Å². The van der Waals surface area contributed by atoms with Crippen LogP contribution in [-0.4, -0.2) is 60.3 Å². The van der Waals surface area contributed by atoms with Gasteiger partial charge in [0.25, 0.3) is 5.91 Å². The number of carbonyl (C=O) groups excluding carboxylic acids is 1. The minimum absolute atomic E-state index is 0.0498. The predicted molar refractivity (Wildman–Crippen MR) is 116 cm³/mol. The van der Waals surface area contributed by atoms with Crippen molar-refractivity contribution in [3.63, 3.8) is 0 Å². The second kappa shape index (κ2) is 8.90. The third-order valence-electron chi connectivity index (χ3n) is 5.21. The number of carbonyl (C=O) groups is 1. The molecule has 1 aliphatic rings. The first kappa shape index (κ1) is 19.8. The molecule has 1 aliphatic heterocycles. The van der Waals surface area contributed by atoms with E-state index >= 15 is 0 Å². The normalized spacial score (nSPS) is 13.9. The molecule has 0 N–H and O–H groups in total. The van der Waals surface area contributed by atoms with Crippen LogP contribution in [0, 0.1) is 0 Å². The zero-order valence-corrected chi connectivity index (χ0v) is 17.3. The summed E-state index contributed by atoms with van der Waals surface area (Å²) < 4.78 is 12.8. The Morgan fingerprint density at radius 1 is 1.03 bits per heavy atom. The first-order chi connectivity index (χ1) is 14.7. The molecule has 2 aromatic carbocycles. The Balaban J connectivity index is 1.43. The fourth-order valence-corrected chi connectivity index (χ4v) is 3.64. The van der Waals surface area contributed by atoms with Crippen molar-refractivity contribution in [3.8, 4) is 17.2 Å². The van der Waals surface area contributed by atoms with Crippen molar-refractivity contribution in [1.29, 1.82) is 0 Å². The van der Waals surface area contributed by atoms with Crippen LogP contribution >= 0.6 is 0 Å². The van der Waals surface area contributed by atoms with Gasteiger partial charge in [-0.05, 0) is 43.3 Å². The largest absolute Gasteiger partial charge is 0.497 e. The first-order valence-corrected chi connectivity index (χ1v) is 10.1. The molecule has 1 fully saturated rings. The quantitative estimate of drug-likeness (QED) is 0.629. The lowest BCUT2D eigenvalue weighted by Gasteiger charge is -2.35. The summed E-state index contributed by atoms with van der Waals surface area (Å²) in [5, 5.41) is 0. The lowest BCUT2D eigenvalue weighted by Crippen LogP contribution is -2.49. The van der Waals surface area contributed by atoms with Crippen LogP contribution in [0.25, 0.3) is 5.69 Å². The molecule has 30 heavy (non-hydrogen) atoms. The average molecular weight is 406 g/mol. The van der Waals surface area contributed by atoms with Crippen molar-refractivity contribution in [2.75, 3.05) is 44.8 Å². The van der Waals surface area contributed by atoms with E-state index in [0.29, 0.717) is 25.3 Å². The van der Waals surface area contributed by atoms with Crippen molar-refractivity contribution in [2.24, 2.45) is 0 Å². The smallest absolute Gasteiger partial charge is 0.253 e. The number of methoxy groups -OCH3 is 1. The van der Waals surface area contributed by atoms with Gasteiger partial charge in [0.1, 0.15) is 11.5 Å². The predicted octanol–water partition coefficient (Wildman–Crippen LogP) is 3.24. The van der Waals surface area contributed by atoms with Crippen molar-refractivity contribution in [3.05, 3.63) is 66.5 Å². The van der Waals surface area contributed by atoms with Crippen molar-refractivity contribution in [2.45, 2.75) is 6.92 Å². The Morgan fingerprint density at radius 3 is 2.50 bits per heavy atom. The highest BCUT2D eigenvalue weighted by atomic mass is 16.5. The van der Waals surface area contributed by atoms with Gasteiger partial charge in [0.05, 0.1) is 19.4 Å². The van der Waals surface area contributed by atoms with Gasteiger partial charge in [0.15, 0.2) is 0 Å². The summed E-state index contributed by atoms with van der Waals surface area (Å²) in [6.07, 6.45) is 3.74. The van der Waals surface area contributed by atoms with Gasteiger partial charge in [-0.3, -0.25) is 9.36 Å². The minimum Gasteiger partial charge on any atom is -0.497 e. The molecule has 156 valence electrons. The van der Waals surface area contributed by atoms with E-state index in [9.17, 15) is 4.79 Å². The van der Waals surface area contributed by atoms with Crippen LogP contribution in [0.15, 0.2) is 60.9 Å². The summed E-state index contributed by atoms with van der Waals surface area (Å²) in [5.41, 5.74) is 1.68. The van der Waals surface area contributed by atoms with Crippen LogP contribution in [0.5, 0.6) is 11.5 Å². The number of rotatable bonds is 6. The van der Waals surface area contributed by atoms with Crippen LogP contribution in [0.2, 0.25) is 0 Å². The maximum atomic E-state index is 12.9. The number of imidazole rings is 1. The van der Waals surface area contributed by atoms with E-state index in [1.54, 1.807) is 13.3 Å². The van der Waals surface area contributed by atoms with Gasteiger partial charge >= 0.3 is 0 Å². The standard InChI is InChI=1S/C23H26N4O3/c1-3-30-20-9-7-18(8-10-20)22(28)25-13-15-26(16-14-25)23-24-11-12-27(23)19-5-4-6-21(17-19)29-2/h4-12,17H,3,13-16H2,1-2H3. The first-order valence-electron chi connectivity index (χ1n) is 10.1. The van der Waals surface area contributed by atoms with E-state index in [0.717, 1.165) is 36.2 Å². The minimum atomic E-state index is 0.0498. The third kappa shape index (κ3) is 4.10. The summed E-state index contributed by atoms with van der Waals surface area (Å²) in [6.45, 7) is 5.31. The molecule has 0 aliphatic carbocycles. The second-order valence-electron chi connectivity index (χ2n) is 7.04. The van der Waals surface area contributed by atoms with Crippen LogP contribution < -0.4 is 14.4 Å². The lowest BCUT2D eigenvalue weighted by atomic mass is 10.1. The Hall–Kier alpha value is -3.48. The monoisotopic (exact) mass is 406 g/mol. The van der Waals surface area contributed by atoms with E-state index < -0.39 is 0 Å². The SMILES string of the molecule is CCOc1ccc(C(=O)N2CCN(c3nccn3-c3cccc(OC)c3)CC2)cc1. The van der Waals surface area contributed by atoms with E-state index in [-0.39, 0.29) is 5.91 Å². The number of benzene rings is 2. The fraction of sp³-hybridized carbons (Fsp3) is 0.304. The van der Waals surface area contributed by atoms with Gasteiger partial charge in [-0.25, -0.2) is 4.98 Å². The highest BCUT2D eigenvalue weighted by Crippen LogP contribution is 2.23. The Kier molecular flexibility index (Phi) is 5.88. The number of hydrogen-bond acceptors (Lipinski definition) is 5. The fourth-order valence-electron chi connectivity index (χ4n) is 3.64. The van der Waals surface area contributed by atoms with E-state index in [4.69, 9.17) is 9.47 Å². The molecule has 0 unspecified atom stereocenters. The third-order valence-corrected chi connectivity index (χ3v) is 5.21. The molecule has 1 amide bonds. The van der Waals surface area contributed by atoms with Crippen LogP contribution in [0.1, 0.15) is 17.3 Å². The number of aromatic nitrogens is 2. The topological polar surface area (TPSA) is 59.8 Å². The van der Waals surface area contributed by atoms with Gasteiger partial charge in [0, 0.05) is 50.2 Å². The molecule has 7 nitrogen and oxygen atoms in total. The van der Waals surface area contributed by atoms with Gasteiger partial charge in [-0.2, -0.15) is 0 Å². The van der Waals surface area contributed by atoms with Crippen molar-refractivity contribution >= 4 is 11.9 Å². The van der Waals surface area contributed by atoms with Gasteiger partial charge in [0.2, 0.25) is 5.95 Å². The zero-order valence-electron chi connectivity index (χ0n) is 17.3. The zero-order chi connectivity index (χ0) is 20.9. The van der Waals surface area contributed by atoms with E-state index in [1.165, 1.54) is 0 Å². The molecule has 2 heterocycles. The molecule has 1 saturated heterocycles. The maximum Gasteiger partial charge on any atom is 0.253 e. The number of ether oxygens (including phenoxy) is 2. The average Bonchev–Trinajstić information content (AvgIpc) is 3.29. The molecule has 0 spiro atoms. The van der Waals surface area contributed by atoms with Crippen LogP contribution in [-0.2, 0) is 0 Å². The second-order valence-corrected chi connectivity index (χ2v) is 7.04. The Labute approximate surface area is 176 Å². The van der Waals surface area contributed by atoms with Gasteiger partial charge < -0.3 is 19.3 Å². The number of hydrogen-bond donors (Lipinski definition) is 0. The molecule has 3 aromatic rings. The lowest BCUT2D eigenvalue weighted by molar-refractivity contribution is 0.0746. The molecule has 0 bridgehead atoms. The summed E-state index contributed by atoms with van der Waals surface area (Å²) in [7, 11) is 1.66. The Bertz CT molecular complexity index is 992. The summed E-state index contributed by atoms with van der Waals surface area (Å²) in [6, 6.07) is 15.2. The summed E-state index contributed by atoms with van der Waals surface area (Å²) >= 11 is 0. The highest BCUT2D eigenvalue weighted by Gasteiger charge is 2.24. The van der Waals surface area contributed by atoms with Gasteiger partial charge in [-0.15, -0.1) is 0 Å². The molecule has 7 heteroatoms. The molecule has 0 atom stereocenters. The number of anilines is 1. The van der Waals surface area contributed by atoms with Crippen molar-refractivity contribution < 1.29 is 14.3 Å². The molecule has 4 rings (SSSR count). The summed E-state index contributed by atoms with van der Waals surface area (Å²) in [4.78, 5) is 21.5. The summed E-state index contributed by atoms with van der Waals surface area (Å²) in [5.74, 6) is 2.51. The molecule has 0 radical (unpaired) electrons. The molecular formula is C23H26N4O3. The van der Waals surface area contributed by atoms with Crippen LogP contribution in [0.3, 0.4) is 0 Å². The Morgan fingerprint density at radius 2 is 1.80 bits per heavy atom. The van der Waals surface area contributed by atoms with E-state index in [1.807, 2.05) is 71.1 Å². The number of piperazine rings is 1. The molecule has 1 aromatic heterocycles. The van der Waals surface area contributed by atoms with E-state index in [2.05, 4.69) is 9.88 Å². The van der Waals surface area contributed by atoms with Crippen LogP contribution in [0.4, 0.5) is 5.95 Å². The number of nitrogens with zero attached hydrogens (tertiary/aromatic N) is 4.